The van der Waals surface area contributed by atoms with Gasteiger partial charge in [-0.1, -0.05) is 30.3 Å². The number of nitrogens with two attached hydrogens (primary N) is 2. The van der Waals surface area contributed by atoms with Crippen LogP contribution in [-0.2, 0) is 13.0 Å². The van der Waals surface area contributed by atoms with E-state index in [2.05, 4.69) is 42.2 Å². The molecular weight excluding hydrogens is 389 g/mol. The fourth-order valence-electron chi connectivity index (χ4n) is 2.59. The lowest BCUT2D eigenvalue weighted by Crippen LogP contribution is -2.22. The molecule has 0 aromatic heterocycles. The second-order valence-electron chi connectivity index (χ2n) is 5.39. The highest BCUT2D eigenvalue weighted by atomic mass is 127. The van der Waals surface area contributed by atoms with Crippen LogP contribution in [0.4, 0.5) is 0 Å². The van der Waals surface area contributed by atoms with Crippen LogP contribution in [0.5, 0.6) is 5.75 Å². The van der Waals surface area contributed by atoms with Crippen LogP contribution in [0.15, 0.2) is 47.5 Å². The van der Waals surface area contributed by atoms with E-state index in [-0.39, 0.29) is 36.0 Å². The van der Waals surface area contributed by atoms with E-state index in [1.54, 1.807) is 0 Å². The maximum Gasteiger partial charge on any atom is 0.186 e. The molecule has 0 saturated heterocycles. The highest BCUT2D eigenvalue weighted by molar-refractivity contribution is 14.0. The van der Waals surface area contributed by atoms with E-state index in [1.807, 2.05) is 12.1 Å². The zero-order chi connectivity index (χ0) is 14.8. The molecule has 1 aliphatic heterocycles. The fraction of sp³-hybridized carbons (Fsp3) is 0.235. The van der Waals surface area contributed by atoms with Crippen LogP contribution < -0.4 is 16.2 Å². The average molecular weight is 409 g/mol. The number of guanidine groups is 1. The van der Waals surface area contributed by atoms with E-state index < -0.39 is 0 Å². The van der Waals surface area contributed by atoms with Gasteiger partial charge in [0.05, 0.1) is 6.54 Å². The van der Waals surface area contributed by atoms with Crippen molar-refractivity contribution < 1.29 is 4.74 Å². The molecule has 0 fully saturated rings. The maximum atomic E-state index is 5.73. The minimum atomic E-state index is 0. The summed E-state index contributed by atoms with van der Waals surface area (Å²) in [6.45, 7) is 2.61. The van der Waals surface area contributed by atoms with Crippen LogP contribution in [-0.4, -0.2) is 12.1 Å². The third-order valence-electron chi connectivity index (χ3n) is 3.63. The van der Waals surface area contributed by atoms with Crippen LogP contribution in [0.25, 0.3) is 11.1 Å². The summed E-state index contributed by atoms with van der Waals surface area (Å²) in [7, 11) is 0. The van der Waals surface area contributed by atoms with Crippen LogP contribution >= 0.6 is 24.0 Å². The first-order chi connectivity index (χ1) is 10.1. The lowest BCUT2D eigenvalue weighted by molar-refractivity contribution is 0.254. The first kappa shape index (κ1) is 16.6. The molecule has 0 bridgehead atoms. The topological polar surface area (TPSA) is 73.6 Å². The van der Waals surface area contributed by atoms with Crippen molar-refractivity contribution in [2.45, 2.75) is 26.0 Å². The molecule has 0 amide bonds. The second kappa shape index (κ2) is 7.00. The lowest BCUT2D eigenvalue weighted by Gasteiger charge is -2.06. The number of benzene rings is 2. The molecule has 1 atom stereocenters. The predicted octanol–water partition coefficient (Wildman–Crippen LogP) is 3.07. The zero-order valence-electron chi connectivity index (χ0n) is 12.5. The van der Waals surface area contributed by atoms with Crippen molar-refractivity contribution in [1.29, 1.82) is 0 Å². The molecule has 0 saturated carbocycles. The Morgan fingerprint density at radius 1 is 1.14 bits per heavy atom. The number of rotatable bonds is 3. The largest absolute Gasteiger partial charge is 0.490 e. The van der Waals surface area contributed by atoms with Crippen LogP contribution in [0.2, 0.25) is 0 Å². The average Bonchev–Trinajstić information content (AvgIpc) is 2.84. The molecule has 4 nitrogen and oxygen atoms in total. The van der Waals surface area contributed by atoms with Gasteiger partial charge in [-0.3, -0.25) is 0 Å². The van der Waals surface area contributed by atoms with Crippen molar-refractivity contribution in [3.8, 4) is 16.9 Å². The quantitative estimate of drug-likeness (QED) is 0.465. The number of halogens is 1. The number of aliphatic imine (C=N–C) groups is 1. The Bertz CT molecular complexity index is 679. The highest BCUT2D eigenvalue weighted by Crippen LogP contribution is 2.32. The van der Waals surface area contributed by atoms with Gasteiger partial charge in [0.2, 0.25) is 0 Å². The molecule has 1 aliphatic rings. The number of nitrogens with zero attached hydrogens (tertiary/aromatic N) is 1. The van der Waals surface area contributed by atoms with Gasteiger partial charge >= 0.3 is 0 Å². The Morgan fingerprint density at radius 3 is 2.50 bits per heavy atom. The van der Waals surface area contributed by atoms with E-state index >= 15 is 0 Å². The Balaban J connectivity index is 0.00000176. The Hall–Kier alpha value is -1.76. The summed E-state index contributed by atoms with van der Waals surface area (Å²) in [4.78, 5) is 4.01. The summed E-state index contributed by atoms with van der Waals surface area (Å²) >= 11 is 0. The van der Waals surface area contributed by atoms with Gasteiger partial charge in [-0.25, -0.2) is 4.99 Å². The molecular formula is C17H20IN3O. The van der Waals surface area contributed by atoms with Gasteiger partial charge in [-0.2, -0.15) is 0 Å². The van der Waals surface area contributed by atoms with Crippen molar-refractivity contribution >= 4 is 29.9 Å². The van der Waals surface area contributed by atoms with Gasteiger partial charge in [0.1, 0.15) is 11.9 Å². The summed E-state index contributed by atoms with van der Waals surface area (Å²) in [5, 5.41) is 0. The molecule has 1 unspecified atom stereocenters. The van der Waals surface area contributed by atoms with Crippen LogP contribution in [0, 0.1) is 0 Å². The molecule has 0 radical (unpaired) electrons. The highest BCUT2D eigenvalue weighted by Gasteiger charge is 2.18. The molecule has 1 heterocycles. The van der Waals surface area contributed by atoms with E-state index in [4.69, 9.17) is 16.2 Å². The van der Waals surface area contributed by atoms with E-state index in [9.17, 15) is 0 Å². The number of hydrogen-bond acceptors (Lipinski definition) is 2. The van der Waals surface area contributed by atoms with Crippen LogP contribution in [0.1, 0.15) is 18.1 Å². The normalized spacial score (nSPS) is 15.4. The molecule has 0 spiro atoms. The molecule has 5 heteroatoms. The Kier molecular flexibility index (Phi) is 5.28. The first-order valence-electron chi connectivity index (χ1n) is 7.06. The lowest BCUT2D eigenvalue weighted by atomic mass is 10.00. The zero-order valence-corrected chi connectivity index (χ0v) is 14.8. The summed E-state index contributed by atoms with van der Waals surface area (Å²) in [6, 6.07) is 14.7. The minimum Gasteiger partial charge on any atom is -0.490 e. The van der Waals surface area contributed by atoms with Gasteiger partial charge in [0.25, 0.3) is 0 Å². The number of ether oxygens (including phenoxy) is 1. The van der Waals surface area contributed by atoms with Gasteiger partial charge in [0, 0.05) is 6.42 Å². The summed E-state index contributed by atoms with van der Waals surface area (Å²) in [5.74, 6) is 1.13. The number of hydrogen-bond donors (Lipinski definition) is 2. The fourth-order valence-corrected chi connectivity index (χ4v) is 2.59. The molecule has 0 aliphatic carbocycles. The molecule has 3 rings (SSSR count). The van der Waals surface area contributed by atoms with Gasteiger partial charge in [0.15, 0.2) is 5.96 Å². The van der Waals surface area contributed by atoms with Crippen molar-refractivity contribution in [3.63, 3.8) is 0 Å². The number of fused-ring (bicyclic) bond motifs is 1. The smallest absolute Gasteiger partial charge is 0.186 e. The van der Waals surface area contributed by atoms with Gasteiger partial charge < -0.3 is 16.2 Å². The van der Waals surface area contributed by atoms with Gasteiger partial charge in [-0.05, 0) is 41.3 Å². The second-order valence-corrected chi connectivity index (χ2v) is 5.39. The third kappa shape index (κ3) is 3.71. The molecule has 2 aromatic rings. The summed E-state index contributed by atoms with van der Waals surface area (Å²) in [5.41, 5.74) is 15.4. The molecule has 22 heavy (non-hydrogen) atoms. The monoisotopic (exact) mass is 409 g/mol. The molecule has 4 N–H and O–H groups in total. The summed E-state index contributed by atoms with van der Waals surface area (Å²) < 4.78 is 5.73. The van der Waals surface area contributed by atoms with Crippen molar-refractivity contribution in [2.24, 2.45) is 16.5 Å². The maximum absolute atomic E-state index is 5.73. The standard InChI is InChI=1S/C17H19N3O.HI/c1-11-8-15-9-14(6-7-16(15)21-11)13-4-2-12(3-5-13)10-20-17(18)19;/h2-7,9,11H,8,10H2,1H3,(H4,18,19,20);1H. The summed E-state index contributed by atoms with van der Waals surface area (Å²) in [6.07, 6.45) is 1.25. The van der Waals surface area contributed by atoms with Crippen molar-refractivity contribution in [1.82, 2.24) is 0 Å². The Morgan fingerprint density at radius 2 is 1.82 bits per heavy atom. The van der Waals surface area contributed by atoms with Gasteiger partial charge in [-0.15, -0.1) is 24.0 Å². The van der Waals surface area contributed by atoms with Crippen molar-refractivity contribution in [2.75, 3.05) is 0 Å². The van der Waals surface area contributed by atoms with E-state index in [0.29, 0.717) is 6.54 Å². The third-order valence-corrected chi connectivity index (χ3v) is 3.63. The molecule has 2 aromatic carbocycles. The first-order valence-corrected chi connectivity index (χ1v) is 7.06. The van der Waals surface area contributed by atoms with E-state index in [0.717, 1.165) is 17.7 Å². The minimum absolute atomic E-state index is 0. The van der Waals surface area contributed by atoms with E-state index in [1.165, 1.54) is 16.7 Å². The molecule has 116 valence electrons. The van der Waals surface area contributed by atoms with Crippen LogP contribution in [0.3, 0.4) is 0 Å². The predicted molar refractivity (Wildman–Crippen MR) is 101 cm³/mol. The SMILES string of the molecule is CC1Cc2cc(-c3ccc(CN=C(N)N)cc3)ccc2O1.I. The van der Waals surface area contributed by atoms with Crippen molar-refractivity contribution in [3.05, 3.63) is 53.6 Å². The Labute approximate surface area is 147 Å².